The lowest BCUT2D eigenvalue weighted by molar-refractivity contribution is -0.141. The second kappa shape index (κ2) is 4.35. The van der Waals surface area contributed by atoms with Crippen LogP contribution < -0.4 is 0 Å². The predicted molar refractivity (Wildman–Crippen MR) is 58.4 cm³/mol. The molecular weight excluding hydrogens is 229 g/mol. The molecule has 0 aliphatic heterocycles. The zero-order chi connectivity index (χ0) is 12.6. The van der Waals surface area contributed by atoms with Crippen LogP contribution in [0.1, 0.15) is 44.8 Å². The minimum Gasteiger partial charge on any atom is -0.269 e. The zero-order valence-electron chi connectivity index (χ0n) is 10.0. The molecule has 17 heavy (non-hydrogen) atoms. The zero-order valence-corrected chi connectivity index (χ0v) is 10.0. The molecule has 2 nitrogen and oxygen atoms in total. The Kier molecular flexibility index (Phi) is 3.19. The molecule has 2 rings (SSSR count). The fraction of sp³-hybridized carbons (Fsp3) is 0.750. The van der Waals surface area contributed by atoms with E-state index in [0.717, 1.165) is 25.3 Å². The molecular formula is C12H17F3N2. The molecule has 3 atom stereocenters. The molecule has 1 aromatic heterocycles. The predicted octanol–water partition coefficient (Wildman–Crippen LogP) is 3.90. The number of hydrogen-bond acceptors (Lipinski definition) is 1. The van der Waals surface area contributed by atoms with Crippen LogP contribution in [0, 0.1) is 11.8 Å². The highest BCUT2D eigenvalue weighted by atomic mass is 19.4. The Balaban J connectivity index is 2.11. The summed E-state index contributed by atoms with van der Waals surface area (Å²) in [5.41, 5.74) is -0.788. The van der Waals surface area contributed by atoms with E-state index in [2.05, 4.69) is 18.9 Å². The van der Waals surface area contributed by atoms with E-state index < -0.39 is 11.9 Å². The van der Waals surface area contributed by atoms with Crippen molar-refractivity contribution >= 4 is 0 Å². The van der Waals surface area contributed by atoms with Gasteiger partial charge in [-0.1, -0.05) is 13.8 Å². The highest BCUT2D eigenvalue weighted by Gasteiger charge is 2.34. The van der Waals surface area contributed by atoms with Crippen molar-refractivity contribution in [3.8, 4) is 0 Å². The van der Waals surface area contributed by atoms with E-state index in [9.17, 15) is 13.2 Å². The largest absolute Gasteiger partial charge is 0.435 e. The number of halogens is 3. The second-order valence-corrected chi connectivity index (χ2v) is 5.10. The quantitative estimate of drug-likeness (QED) is 0.734. The highest BCUT2D eigenvalue weighted by Crippen LogP contribution is 2.36. The van der Waals surface area contributed by atoms with Gasteiger partial charge in [0.15, 0.2) is 5.69 Å². The van der Waals surface area contributed by atoms with Crippen molar-refractivity contribution in [1.29, 1.82) is 0 Å². The Hall–Kier alpha value is -1.00. The van der Waals surface area contributed by atoms with Gasteiger partial charge in [-0.05, 0) is 37.2 Å². The van der Waals surface area contributed by atoms with Crippen LogP contribution in [0.4, 0.5) is 13.2 Å². The SMILES string of the molecule is CC1CCC(n2ccc(C(F)(F)F)n2)CC1C. The minimum absolute atomic E-state index is 0.122. The van der Waals surface area contributed by atoms with Gasteiger partial charge in [0.05, 0.1) is 6.04 Å². The maximum atomic E-state index is 12.4. The summed E-state index contributed by atoms with van der Waals surface area (Å²) in [6.45, 7) is 4.36. The lowest BCUT2D eigenvalue weighted by Crippen LogP contribution is -2.24. The third-order valence-corrected chi connectivity index (χ3v) is 3.84. The van der Waals surface area contributed by atoms with E-state index >= 15 is 0 Å². The van der Waals surface area contributed by atoms with Gasteiger partial charge in [0.1, 0.15) is 0 Å². The van der Waals surface area contributed by atoms with E-state index in [1.807, 2.05) is 0 Å². The van der Waals surface area contributed by atoms with Crippen molar-refractivity contribution in [3.05, 3.63) is 18.0 Å². The summed E-state index contributed by atoms with van der Waals surface area (Å²) >= 11 is 0. The van der Waals surface area contributed by atoms with Crippen LogP contribution in [0.5, 0.6) is 0 Å². The Morgan fingerprint density at radius 1 is 1.24 bits per heavy atom. The molecule has 0 radical (unpaired) electrons. The molecule has 1 aliphatic rings. The normalized spacial score (nSPS) is 30.5. The van der Waals surface area contributed by atoms with Crippen molar-refractivity contribution in [2.24, 2.45) is 11.8 Å². The summed E-state index contributed by atoms with van der Waals surface area (Å²) in [6.07, 6.45) is 0.0205. The molecule has 3 unspecified atom stereocenters. The number of nitrogens with zero attached hydrogens (tertiary/aromatic N) is 2. The molecule has 0 aromatic carbocycles. The average Bonchev–Trinajstić information content (AvgIpc) is 2.70. The molecule has 5 heteroatoms. The number of alkyl halides is 3. The summed E-state index contributed by atoms with van der Waals surface area (Å²) < 4.78 is 38.8. The summed E-state index contributed by atoms with van der Waals surface area (Å²) in [5, 5.41) is 3.66. The maximum Gasteiger partial charge on any atom is 0.435 e. The van der Waals surface area contributed by atoms with E-state index in [0.29, 0.717) is 11.8 Å². The van der Waals surface area contributed by atoms with Gasteiger partial charge < -0.3 is 0 Å². The lowest BCUT2D eigenvalue weighted by Gasteiger charge is -2.32. The second-order valence-electron chi connectivity index (χ2n) is 5.10. The van der Waals surface area contributed by atoms with Crippen LogP contribution in [0.25, 0.3) is 0 Å². The van der Waals surface area contributed by atoms with Gasteiger partial charge >= 0.3 is 6.18 Å². The molecule has 0 amide bonds. The third-order valence-electron chi connectivity index (χ3n) is 3.84. The van der Waals surface area contributed by atoms with E-state index in [4.69, 9.17) is 0 Å². The first-order chi connectivity index (χ1) is 7.88. The molecule has 0 spiro atoms. The van der Waals surface area contributed by atoms with Gasteiger partial charge in [-0.15, -0.1) is 0 Å². The van der Waals surface area contributed by atoms with Crippen LogP contribution in [0.15, 0.2) is 12.3 Å². The molecule has 1 saturated carbocycles. The molecule has 1 aliphatic carbocycles. The monoisotopic (exact) mass is 246 g/mol. The first-order valence-electron chi connectivity index (χ1n) is 6.00. The van der Waals surface area contributed by atoms with E-state index in [1.54, 1.807) is 0 Å². The van der Waals surface area contributed by atoms with Gasteiger partial charge in [-0.3, -0.25) is 4.68 Å². The van der Waals surface area contributed by atoms with Crippen LogP contribution in [-0.2, 0) is 6.18 Å². The molecule has 0 N–H and O–H groups in total. The van der Waals surface area contributed by atoms with Gasteiger partial charge in [0.25, 0.3) is 0 Å². The molecule has 1 fully saturated rings. The van der Waals surface area contributed by atoms with Crippen molar-refractivity contribution in [1.82, 2.24) is 9.78 Å². The Morgan fingerprint density at radius 3 is 2.47 bits per heavy atom. The highest BCUT2D eigenvalue weighted by molar-refractivity contribution is 5.04. The maximum absolute atomic E-state index is 12.4. The van der Waals surface area contributed by atoms with Crippen LogP contribution >= 0.6 is 0 Å². The third kappa shape index (κ3) is 2.64. The number of aromatic nitrogens is 2. The molecule has 96 valence electrons. The fourth-order valence-electron chi connectivity index (χ4n) is 2.45. The topological polar surface area (TPSA) is 17.8 Å². The van der Waals surface area contributed by atoms with Crippen LogP contribution in [0.2, 0.25) is 0 Å². The van der Waals surface area contributed by atoms with Crippen molar-refractivity contribution in [2.45, 2.75) is 45.3 Å². The fourth-order valence-corrected chi connectivity index (χ4v) is 2.45. The molecule has 1 heterocycles. The Bertz CT molecular complexity index is 383. The molecule has 1 aromatic rings. The van der Waals surface area contributed by atoms with Crippen LogP contribution in [0.3, 0.4) is 0 Å². The van der Waals surface area contributed by atoms with Gasteiger partial charge in [0.2, 0.25) is 0 Å². The van der Waals surface area contributed by atoms with E-state index in [1.165, 1.54) is 10.9 Å². The van der Waals surface area contributed by atoms with Crippen LogP contribution in [-0.4, -0.2) is 9.78 Å². The Morgan fingerprint density at radius 2 is 1.94 bits per heavy atom. The standard InChI is InChI=1S/C12H17F3N2/c1-8-3-4-10(7-9(8)2)17-6-5-11(16-17)12(13,14)15/h5-6,8-10H,3-4,7H2,1-2H3. The average molecular weight is 246 g/mol. The summed E-state index contributed by atoms with van der Waals surface area (Å²) in [7, 11) is 0. The summed E-state index contributed by atoms with van der Waals surface area (Å²) in [5.74, 6) is 1.20. The smallest absolute Gasteiger partial charge is 0.269 e. The van der Waals surface area contributed by atoms with Gasteiger partial charge in [-0.2, -0.15) is 18.3 Å². The van der Waals surface area contributed by atoms with Gasteiger partial charge in [0, 0.05) is 6.20 Å². The minimum atomic E-state index is -4.33. The Labute approximate surface area is 98.8 Å². The number of rotatable bonds is 1. The first kappa shape index (κ1) is 12.5. The van der Waals surface area contributed by atoms with Gasteiger partial charge in [-0.25, -0.2) is 0 Å². The lowest BCUT2D eigenvalue weighted by atomic mass is 9.79. The number of hydrogen-bond donors (Lipinski definition) is 0. The molecule has 0 saturated heterocycles. The van der Waals surface area contributed by atoms with E-state index in [-0.39, 0.29) is 6.04 Å². The summed E-state index contributed by atoms with van der Waals surface area (Å²) in [6, 6.07) is 1.18. The van der Waals surface area contributed by atoms with Crippen molar-refractivity contribution in [2.75, 3.05) is 0 Å². The first-order valence-corrected chi connectivity index (χ1v) is 6.00. The van der Waals surface area contributed by atoms with Crippen molar-refractivity contribution < 1.29 is 13.2 Å². The summed E-state index contributed by atoms with van der Waals surface area (Å²) in [4.78, 5) is 0. The molecule has 0 bridgehead atoms. The van der Waals surface area contributed by atoms with Crippen molar-refractivity contribution in [3.63, 3.8) is 0 Å².